The second kappa shape index (κ2) is 8.95. The quantitative estimate of drug-likeness (QED) is 0.244. The number of carbonyl (C=O) groups is 2. The molecular formula is C13H17NO8PS+. The maximum atomic E-state index is 11.1. The molecule has 9 nitrogen and oxygen atoms in total. The minimum absolute atomic E-state index is 0.0781. The van der Waals surface area contributed by atoms with E-state index in [2.05, 4.69) is 4.99 Å². The van der Waals surface area contributed by atoms with Gasteiger partial charge in [-0.15, -0.1) is 0 Å². The molecule has 0 heterocycles. The SMILES string of the molecule is O=C(O)CCC(C[P+](O)(O)C=Nc1cccc(S(=O)O)c1)C(=O)O. The Morgan fingerprint density at radius 2 is 1.96 bits per heavy atom. The van der Waals surface area contributed by atoms with Gasteiger partial charge < -0.3 is 14.8 Å². The molecule has 0 aromatic heterocycles. The van der Waals surface area contributed by atoms with Gasteiger partial charge in [0.2, 0.25) is 5.96 Å². The van der Waals surface area contributed by atoms with Gasteiger partial charge in [-0.3, -0.25) is 9.59 Å². The highest BCUT2D eigenvalue weighted by atomic mass is 32.2. The largest absolute Gasteiger partial charge is 0.481 e. The Morgan fingerprint density at radius 1 is 1.29 bits per heavy atom. The summed E-state index contributed by atoms with van der Waals surface area (Å²) in [5.41, 5.74) is 0.194. The zero-order chi connectivity index (χ0) is 18.3. The van der Waals surface area contributed by atoms with Crippen molar-refractivity contribution in [2.75, 3.05) is 6.16 Å². The van der Waals surface area contributed by atoms with Gasteiger partial charge >= 0.3 is 19.7 Å². The topological polar surface area (TPSA) is 165 Å². The van der Waals surface area contributed by atoms with Crippen LogP contribution in [0.25, 0.3) is 0 Å². The maximum absolute atomic E-state index is 11.1. The van der Waals surface area contributed by atoms with Crippen molar-refractivity contribution < 1.29 is 38.4 Å². The summed E-state index contributed by atoms with van der Waals surface area (Å²) >= 11 is -2.21. The number of benzene rings is 1. The standard InChI is InChI=1S/C13H16NO8PS/c15-12(16)5-4-9(13(17)18)7-23(19,20)8-14-10-2-1-3-11(6-10)24(21)22/h1-3,6,8-9,19-20H,4-5,7H2,(H2-,15,16,17,18,21,22)/p+1. The molecule has 132 valence electrons. The molecule has 0 spiro atoms. The third-order valence-corrected chi connectivity index (χ3v) is 5.08. The van der Waals surface area contributed by atoms with Crippen molar-refractivity contribution in [3.05, 3.63) is 24.3 Å². The van der Waals surface area contributed by atoms with Crippen LogP contribution in [0.3, 0.4) is 0 Å². The lowest BCUT2D eigenvalue weighted by Crippen LogP contribution is -2.21. The molecule has 24 heavy (non-hydrogen) atoms. The average molecular weight is 378 g/mol. The average Bonchev–Trinajstić information content (AvgIpc) is 2.49. The fourth-order valence-corrected chi connectivity index (χ4v) is 3.61. The van der Waals surface area contributed by atoms with Gasteiger partial charge in [-0.25, -0.2) is 19.0 Å². The predicted molar refractivity (Wildman–Crippen MR) is 87.9 cm³/mol. The summed E-state index contributed by atoms with van der Waals surface area (Å²) in [6.45, 7) is 0. The number of carboxylic acid groups (broad SMARTS) is 2. The summed E-state index contributed by atoms with van der Waals surface area (Å²) in [5.74, 6) is -2.92. The number of hydrogen-bond acceptors (Lipinski definition) is 6. The molecule has 2 unspecified atom stereocenters. The minimum Gasteiger partial charge on any atom is -0.481 e. The van der Waals surface area contributed by atoms with Crippen LogP contribution in [0.5, 0.6) is 0 Å². The lowest BCUT2D eigenvalue weighted by Gasteiger charge is -2.13. The van der Waals surface area contributed by atoms with Crippen LogP contribution in [0.15, 0.2) is 34.2 Å². The highest BCUT2D eigenvalue weighted by molar-refractivity contribution is 7.79. The molecule has 0 aliphatic heterocycles. The molecule has 0 amide bonds. The Kier molecular flexibility index (Phi) is 7.59. The van der Waals surface area contributed by atoms with Crippen LogP contribution in [-0.4, -0.2) is 52.8 Å². The van der Waals surface area contributed by atoms with E-state index < -0.39 is 49.2 Å². The van der Waals surface area contributed by atoms with Crippen LogP contribution in [0.1, 0.15) is 12.8 Å². The first-order valence-corrected chi connectivity index (χ1v) is 9.70. The van der Waals surface area contributed by atoms with Crippen molar-refractivity contribution in [2.24, 2.45) is 10.9 Å². The molecule has 1 aromatic carbocycles. The van der Waals surface area contributed by atoms with Crippen LogP contribution in [0, 0.1) is 5.92 Å². The molecular weight excluding hydrogens is 361 g/mol. The summed E-state index contributed by atoms with van der Waals surface area (Å²) in [7, 11) is -3.82. The van der Waals surface area contributed by atoms with Gasteiger partial charge in [0, 0.05) is 6.42 Å². The van der Waals surface area contributed by atoms with Gasteiger partial charge in [0.25, 0.3) is 0 Å². The predicted octanol–water partition coefficient (Wildman–Crippen LogP) is 1.32. The first-order valence-electron chi connectivity index (χ1n) is 6.65. The summed E-state index contributed by atoms with van der Waals surface area (Å²) in [6.07, 6.45) is -1.18. The van der Waals surface area contributed by atoms with E-state index >= 15 is 0 Å². The summed E-state index contributed by atoms with van der Waals surface area (Å²) in [5, 5.41) is 17.6. The monoisotopic (exact) mass is 378 g/mol. The highest BCUT2D eigenvalue weighted by Gasteiger charge is 2.38. The Bertz CT molecular complexity index is 663. The number of aliphatic carboxylic acids is 2. The maximum Gasteiger partial charge on any atom is 0.312 e. The van der Waals surface area contributed by atoms with Crippen molar-refractivity contribution in [3.8, 4) is 0 Å². The smallest absolute Gasteiger partial charge is 0.312 e. The van der Waals surface area contributed by atoms with Gasteiger partial charge in [0.15, 0.2) is 11.1 Å². The van der Waals surface area contributed by atoms with Crippen molar-refractivity contribution in [3.63, 3.8) is 0 Å². The first kappa shape index (κ1) is 20.3. The van der Waals surface area contributed by atoms with Gasteiger partial charge in [-0.2, -0.15) is 0 Å². The van der Waals surface area contributed by atoms with Crippen molar-refractivity contribution >= 4 is 42.4 Å². The van der Waals surface area contributed by atoms with Crippen molar-refractivity contribution in [1.82, 2.24) is 0 Å². The van der Waals surface area contributed by atoms with Gasteiger partial charge in [0.05, 0.1) is 16.5 Å². The van der Waals surface area contributed by atoms with Crippen molar-refractivity contribution in [2.45, 2.75) is 17.7 Å². The molecule has 2 atom stereocenters. The van der Waals surface area contributed by atoms with E-state index in [-0.39, 0.29) is 17.0 Å². The fraction of sp³-hybridized carbons (Fsp3) is 0.308. The molecule has 11 heteroatoms. The van der Waals surface area contributed by atoms with Crippen molar-refractivity contribution in [1.29, 1.82) is 0 Å². The molecule has 0 saturated carbocycles. The lowest BCUT2D eigenvalue weighted by molar-refractivity contribution is -0.142. The summed E-state index contributed by atoms with van der Waals surface area (Å²) in [4.78, 5) is 45.3. The van der Waals surface area contributed by atoms with E-state index in [1.165, 1.54) is 24.3 Å². The minimum atomic E-state index is -3.82. The Morgan fingerprint density at radius 3 is 2.50 bits per heavy atom. The third-order valence-electron chi connectivity index (χ3n) is 2.96. The summed E-state index contributed by atoms with van der Waals surface area (Å²) in [6, 6.07) is 5.58. The molecule has 1 rings (SSSR count). The molecule has 0 fully saturated rings. The molecule has 0 saturated heterocycles. The number of rotatable bonds is 9. The Hall–Kier alpha value is -1.71. The third kappa shape index (κ3) is 7.24. The fourth-order valence-electron chi connectivity index (χ4n) is 1.79. The first-order chi connectivity index (χ1) is 11.1. The van der Waals surface area contributed by atoms with E-state index in [0.29, 0.717) is 0 Å². The van der Waals surface area contributed by atoms with Crippen LogP contribution >= 0.6 is 7.72 Å². The second-order valence-corrected chi connectivity index (χ2v) is 8.06. The van der Waals surface area contributed by atoms with Gasteiger partial charge in [0.1, 0.15) is 6.16 Å². The normalized spacial score (nSPS) is 14.5. The zero-order valence-corrected chi connectivity index (χ0v) is 14.1. The van der Waals surface area contributed by atoms with Gasteiger partial charge in [-0.05, 0) is 24.6 Å². The number of nitrogens with zero attached hydrogens (tertiary/aromatic N) is 1. The van der Waals surface area contributed by atoms with Crippen LogP contribution < -0.4 is 0 Å². The second-order valence-electron chi connectivity index (χ2n) is 4.93. The Balaban J connectivity index is 2.82. The molecule has 0 bridgehead atoms. The van der Waals surface area contributed by atoms with Crippen LogP contribution in [0.4, 0.5) is 5.69 Å². The molecule has 5 N–H and O–H groups in total. The van der Waals surface area contributed by atoms with E-state index in [9.17, 15) is 23.6 Å². The number of carboxylic acids is 2. The van der Waals surface area contributed by atoms with E-state index in [4.69, 9.17) is 14.8 Å². The molecule has 0 radical (unpaired) electrons. The van der Waals surface area contributed by atoms with E-state index in [1.807, 2.05) is 0 Å². The van der Waals surface area contributed by atoms with Crippen LogP contribution in [0.2, 0.25) is 0 Å². The van der Waals surface area contributed by atoms with Crippen LogP contribution in [-0.2, 0) is 20.7 Å². The number of hydrogen-bond donors (Lipinski definition) is 5. The molecule has 0 aliphatic rings. The number of aliphatic imine (C=N–C) groups is 1. The Labute approximate surface area is 140 Å². The lowest BCUT2D eigenvalue weighted by atomic mass is 10.1. The molecule has 1 aromatic rings. The highest BCUT2D eigenvalue weighted by Crippen LogP contribution is 2.49. The zero-order valence-electron chi connectivity index (χ0n) is 12.3. The molecule has 0 aliphatic carbocycles. The van der Waals surface area contributed by atoms with Gasteiger partial charge in [-0.1, -0.05) is 6.07 Å². The van der Waals surface area contributed by atoms with E-state index in [0.717, 1.165) is 5.96 Å². The van der Waals surface area contributed by atoms with E-state index in [1.54, 1.807) is 0 Å². The summed E-state index contributed by atoms with van der Waals surface area (Å²) < 4.78 is 19.9.